The van der Waals surface area contributed by atoms with Gasteiger partial charge in [-0.2, -0.15) is 0 Å². The van der Waals surface area contributed by atoms with Crippen molar-refractivity contribution in [1.29, 1.82) is 0 Å². The van der Waals surface area contributed by atoms with E-state index >= 15 is 0 Å². The number of rotatable bonds is 6. The standard InChI is InChI=1S/C13H19IN2O/c1-15-13(17)7-4-8-16(2)10-11-5-3-6-12(14)9-11/h3,5-6,9H,4,7-8,10H2,1-2H3,(H,15,17). The number of nitrogens with zero attached hydrogens (tertiary/aromatic N) is 1. The topological polar surface area (TPSA) is 32.3 Å². The lowest BCUT2D eigenvalue weighted by Crippen LogP contribution is -2.22. The third kappa shape index (κ3) is 6.02. The number of halogens is 1. The number of hydrogen-bond donors (Lipinski definition) is 1. The van der Waals surface area contributed by atoms with Crippen LogP contribution < -0.4 is 5.32 Å². The number of carbonyl (C=O) groups excluding carboxylic acids is 1. The van der Waals surface area contributed by atoms with Crippen molar-refractivity contribution in [3.05, 3.63) is 33.4 Å². The van der Waals surface area contributed by atoms with Crippen LogP contribution in [0, 0.1) is 3.57 Å². The Morgan fingerprint density at radius 3 is 2.88 bits per heavy atom. The lowest BCUT2D eigenvalue weighted by atomic mass is 10.2. The van der Waals surface area contributed by atoms with E-state index in [1.807, 2.05) is 0 Å². The minimum atomic E-state index is 0.118. The fraction of sp³-hybridized carbons (Fsp3) is 0.462. The van der Waals surface area contributed by atoms with E-state index in [0.29, 0.717) is 6.42 Å². The van der Waals surface area contributed by atoms with E-state index in [-0.39, 0.29) is 5.91 Å². The molecule has 1 N–H and O–H groups in total. The maximum Gasteiger partial charge on any atom is 0.219 e. The van der Waals surface area contributed by atoms with E-state index in [1.165, 1.54) is 9.13 Å². The molecule has 0 spiro atoms. The zero-order valence-electron chi connectivity index (χ0n) is 10.4. The van der Waals surface area contributed by atoms with Crippen molar-refractivity contribution in [2.24, 2.45) is 0 Å². The summed E-state index contributed by atoms with van der Waals surface area (Å²) < 4.78 is 1.26. The Morgan fingerprint density at radius 2 is 2.24 bits per heavy atom. The normalized spacial score (nSPS) is 10.6. The molecule has 0 atom stereocenters. The number of benzene rings is 1. The van der Waals surface area contributed by atoms with Crippen LogP contribution in [0.4, 0.5) is 0 Å². The van der Waals surface area contributed by atoms with E-state index in [4.69, 9.17) is 0 Å². The predicted octanol–water partition coefficient (Wildman–Crippen LogP) is 2.25. The molecular formula is C13H19IN2O. The van der Waals surface area contributed by atoms with Gasteiger partial charge in [0.1, 0.15) is 0 Å². The summed E-state index contributed by atoms with van der Waals surface area (Å²) in [7, 11) is 3.77. The molecule has 0 aliphatic heterocycles. The van der Waals surface area contributed by atoms with Gasteiger partial charge in [-0.1, -0.05) is 12.1 Å². The monoisotopic (exact) mass is 346 g/mol. The highest BCUT2D eigenvalue weighted by Crippen LogP contribution is 2.09. The van der Waals surface area contributed by atoms with Crippen molar-refractivity contribution in [1.82, 2.24) is 10.2 Å². The summed E-state index contributed by atoms with van der Waals surface area (Å²) in [5.41, 5.74) is 1.32. The van der Waals surface area contributed by atoms with Gasteiger partial charge in [0, 0.05) is 23.6 Å². The van der Waals surface area contributed by atoms with E-state index in [2.05, 4.69) is 64.1 Å². The van der Waals surface area contributed by atoms with Gasteiger partial charge < -0.3 is 10.2 Å². The molecule has 4 heteroatoms. The number of hydrogen-bond acceptors (Lipinski definition) is 2. The second-order valence-corrected chi connectivity index (χ2v) is 5.39. The Balaban J connectivity index is 2.29. The fourth-order valence-corrected chi connectivity index (χ4v) is 2.27. The molecule has 17 heavy (non-hydrogen) atoms. The first kappa shape index (κ1) is 14.4. The summed E-state index contributed by atoms with van der Waals surface area (Å²) in [6.45, 7) is 1.88. The van der Waals surface area contributed by atoms with Crippen LogP contribution in [0.15, 0.2) is 24.3 Å². The Kier molecular flexibility index (Phi) is 6.50. The Hall–Kier alpha value is -0.620. The zero-order chi connectivity index (χ0) is 12.7. The number of amides is 1. The largest absolute Gasteiger partial charge is 0.359 e. The molecule has 3 nitrogen and oxygen atoms in total. The van der Waals surface area contributed by atoms with Crippen LogP contribution in [0.2, 0.25) is 0 Å². The van der Waals surface area contributed by atoms with Crippen molar-refractivity contribution in [2.75, 3.05) is 20.6 Å². The van der Waals surface area contributed by atoms with Gasteiger partial charge in [-0.3, -0.25) is 4.79 Å². The van der Waals surface area contributed by atoms with Crippen molar-refractivity contribution in [2.45, 2.75) is 19.4 Å². The van der Waals surface area contributed by atoms with Gasteiger partial charge in [0.15, 0.2) is 0 Å². The molecular weight excluding hydrogens is 327 g/mol. The van der Waals surface area contributed by atoms with Gasteiger partial charge in [-0.05, 0) is 60.3 Å². The van der Waals surface area contributed by atoms with Gasteiger partial charge in [-0.15, -0.1) is 0 Å². The summed E-state index contributed by atoms with van der Waals surface area (Å²) in [5, 5.41) is 2.64. The molecule has 0 saturated carbocycles. The minimum Gasteiger partial charge on any atom is -0.359 e. The molecule has 0 aromatic heterocycles. The maximum absolute atomic E-state index is 11.1. The smallest absolute Gasteiger partial charge is 0.219 e. The first-order valence-corrected chi connectivity index (χ1v) is 6.83. The molecule has 0 fully saturated rings. The van der Waals surface area contributed by atoms with Crippen molar-refractivity contribution < 1.29 is 4.79 Å². The van der Waals surface area contributed by atoms with Crippen LogP contribution in [-0.4, -0.2) is 31.4 Å². The quantitative estimate of drug-likeness (QED) is 0.802. The molecule has 1 aromatic carbocycles. The van der Waals surface area contributed by atoms with Gasteiger partial charge in [0.05, 0.1) is 0 Å². The lowest BCUT2D eigenvalue weighted by molar-refractivity contribution is -0.120. The highest BCUT2D eigenvalue weighted by molar-refractivity contribution is 14.1. The first-order chi connectivity index (χ1) is 8.11. The summed E-state index contributed by atoms with van der Waals surface area (Å²) in [6, 6.07) is 8.50. The Morgan fingerprint density at radius 1 is 1.47 bits per heavy atom. The zero-order valence-corrected chi connectivity index (χ0v) is 12.5. The third-order valence-corrected chi connectivity index (χ3v) is 3.24. The molecule has 0 bridgehead atoms. The summed E-state index contributed by atoms with van der Waals surface area (Å²) in [6.07, 6.45) is 1.51. The third-order valence-electron chi connectivity index (χ3n) is 2.56. The maximum atomic E-state index is 11.1. The van der Waals surface area contributed by atoms with Gasteiger partial charge in [-0.25, -0.2) is 0 Å². The molecule has 0 heterocycles. The van der Waals surface area contributed by atoms with Crippen molar-refractivity contribution >= 4 is 28.5 Å². The molecule has 1 aromatic rings. The highest BCUT2D eigenvalue weighted by atomic mass is 127. The summed E-state index contributed by atoms with van der Waals surface area (Å²) >= 11 is 2.32. The van der Waals surface area contributed by atoms with Crippen molar-refractivity contribution in [3.63, 3.8) is 0 Å². The van der Waals surface area contributed by atoms with Gasteiger partial charge in [0.2, 0.25) is 5.91 Å². The van der Waals surface area contributed by atoms with Crippen LogP contribution in [0.1, 0.15) is 18.4 Å². The average Bonchev–Trinajstić information content (AvgIpc) is 2.28. The SMILES string of the molecule is CNC(=O)CCCN(C)Cc1cccc(I)c1. The van der Waals surface area contributed by atoms with Crippen LogP contribution in [0.3, 0.4) is 0 Å². The van der Waals surface area contributed by atoms with Crippen LogP contribution >= 0.6 is 22.6 Å². The van der Waals surface area contributed by atoms with E-state index in [1.54, 1.807) is 7.05 Å². The lowest BCUT2D eigenvalue weighted by Gasteiger charge is -2.16. The predicted molar refractivity (Wildman–Crippen MR) is 78.8 cm³/mol. The molecule has 0 saturated heterocycles. The first-order valence-electron chi connectivity index (χ1n) is 5.75. The summed E-state index contributed by atoms with van der Waals surface area (Å²) in [5.74, 6) is 0.118. The van der Waals surface area contributed by atoms with Gasteiger partial charge >= 0.3 is 0 Å². The summed E-state index contributed by atoms with van der Waals surface area (Å²) in [4.78, 5) is 13.3. The van der Waals surface area contributed by atoms with Crippen molar-refractivity contribution in [3.8, 4) is 0 Å². The molecule has 0 aliphatic rings. The van der Waals surface area contributed by atoms with Crippen LogP contribution in [0.5, 0.6) is 0 Å². The molecule has 0 radical (unpaired) electrons. The second kappa shape index (κ2) is 7.66. The number of nitrogens with one attached hydrogen (secondary N) is 1. The average molecular weight is 346 g/mol. The van der Waals surface area contributed by atoms with E-state index in [9.17, 15) is 4.79 Å². The molecule has 1 rings (SSSR count). The Labute approximate surface area is 117 Å². The van der Waals surface area contributed by atoms with Crippen LogP contribution in [0.25, 0.3) is 0 Å². The minimum absolute atomic E-state index is 0.118. The second-order valence-electron chi connectivity index (χ2n) is 4.14. The van der Waals surface area contributed by atoms with Crippen LogP contribution in [-0.2, 0) is 11.3 Å². The molecule has 94 valence electrons. The Bertz CT molecular complexity index is 368. The molecule has 0 aliphatic carbocycles. The molecule has 0 unspecified atom stereocenters. The number of carbonyl (C=O) groups is 1. The highest BCUT2D eigenvalue weighted by Gasteiger charge is 2.03. The molecule has 1 amide bonds. The van der Waals surface area contributed by atoms with E-state index < -0.39 is 0 Å². The van der Waals surface area contributed by atoms with Gasteiger partial charge in [0.25, 0.3) is 0 Å². The fourth-order valence-electron chi connectivity index (χ4n) is 1.66. The van der Waals surface area contributed by atoms with E-state index in [0.717, 1.165) is 19.5 Å².